The molecule has 2 aliphatic rings. The van der Waals surface area contributed by atoms with Crippen molar-refractivity contribution in [2.75, 3.05) is 18.4 Å². The molecule has 0 spiro atoms. The molecule has 1 saturated heterocycles. The molecule has 1 fully saturated rings. The van der Waals surface area contributed by atoms with Crippen LogP contribution in [0.1, 0.15) is 23.6 Å². The third-order valence-electron chi connectivity index (χ3n) is 6.85. The molecule has 2 aliphatic heterocycles. The number of nitrogens with zero attached hydrogens (tertiary/aromatic N) is 2. The van der Waals surface area contributed by atoms with Gasteiger partial charge in [0.1, 0.15) is 11.9 Å². The summed E-state index contributed by atoms with van der Waals surface area (Å²) in [5.41, 5.74) is 2.16. The summed E-state index contributed by atoms with van der Waals surface area (Å²) in [6.45, 7) is 1.56. The highest BCUT2D eigenvalue weighted by Gasteiger charge is 2.37. The molecule has 0 aliphatic carbocycles. The van der Waals surface area contributed by atoms with Crippen LogP contribution in [0.15, 0.2) is 71.5 Å². The number of amides is 3. The van der Waals surface area contributed by atoms with Gasteiger partial charge in [0.15, 0.2) is 0 Å². The maximum atomic E-state index is 13.5. The van der Waals surface area contributed by atoms with Crippen molar-refractivity contribution in [2.45, 2.75) is 31.3 Å². The van der Waals surface area contributed by atoms with Crippen LogP contribution >= 0.6 is 11.6 Å². The van der Waals surface area contributed by atoms with Gasteiger partial charge in [-0.15, -0.1) is 0 Å². The fraction of sp³-hybridized carbons (Fsp3) is 0.296. The number of likely N-dealkylation sites (tertiary alicyclic amines) is 1. The Kier molecular flexibility index (Phi) is 6.78. The van der Waals surface area contributed by atoms with E-state index in [-0.39, 0.29) is 34.9 Å². The number of piperidine rings is 1. The number of hydrogen-bond acceptors (Lipinski definition) is 3. The molecule has 3 atom stereocenters. The molecule has 0 radical (unpaired) electrons. The van der Waals surface area contributed by atoms with Crippen molar-refractivity contribution in [1.82, 2.24) is 14.8 Å². The summed E-state index contributed by atoms with van der Waals surface area (Å²) in [5.74, 6) is -0.767. The molecule has 5 rings (SSSR count). The molecule has 2 bridgehead atoms. The normalized spacial score (nSPS) is 19.2. The quantitative estimate of drug-likeness (QED) is 0.546. The molecule has 2 N–H and O–H groups in total. The van der Waals surface area contributed by atoms with Gasteiger partial charge in [-0.25, -0.2) is 9.18 Å². The molecular formula is C27H26ClFN4O3. The summed E-state index contributed by atoms with van der Waals surface area (Å²) < 4.78 is 15.4. The number of carbonyl (C=O) groups excluding carboxylic acids is 2. The van der Waals surface area contributed by atoms with Crippen molar-refractivity contribution in [3.63, 3.8) is 0 Å². The summed E-state index contributed by atoms with van der Waals surface area (Å²) in [7, 11) is 0. The molecule has 7 nitrogen and oxygen atoms in total. The van der Waals surface area contributed by atoms with Gasteiger partial charge in [0.05, 0.1) is 5.02 Å². The Hall–Kier alpha value is -3.65. The Morgan fingerprint density at radius 2 is 1.83 bits per heavy atom. The Balaban J connectivity index is 1.33. The number of pyridine rings is 1. The van der Waals surface area contributed by atoms with Gasteiger partial charge in [-0.3, -0.25) is 9.59 Å². The van der Waals surface area contributed by atoms with Crippen LogP contribution in [0.4, 0.5) is 14.9 Å². The number of benzene rings is 2. The minimum Gasteiger partial charge on any atom is -0.326 e. The van der Waals surface area contributed by atoms with Gasteiger partial charge in [0.2, 0.25) is 5.91 Å². The summed E-state index contributed by atoms with van der Waals surface area (Å²) in [4.78, 5) is 40.6. The van der Waals surface area contributed by atoms with Gasteiger partial charge < -0.3 is 20.1 Å². The van der Waals surface area contributed by atoms with Crippen molar-refractivity contribution in [1.29, 1.82) is 0 Å². The monoisotopic (exact) mass is 508 g/mol. The predicted molar refractivity (Wildman–Crippen MR) is 136 cm³/mol. The van der Waals surface area contributed by atoms with Crippen LogP contribution < -0.4 is 16.2 Å². The zero-order chi connectivity index (χ0) is 25.2. The summed E-state index contributed by atoms with van der Waals surface area (Å²) in [6, 6.07) is 17.4. The molecule has 3 aromatic rings. The Bertz CT molecular complexity index is 1350. The number of hydrogen-bond donors (Lipinski definition) is 2. The number of rotatable bonds is 5. The number of urea groups is 1. The number of carbonyl (C=O) groups is 2. The molecule has 2 unspecified atom stereocenters. The zero-order valence-corrected chi connectivity index (χ0v) is 20.2. The van der Waals surface area contributed by atoms with E-state index in [2.05, 4.69) is 10.6 Å². The van der Waals surface area contributed by atoms with Crippen molar-refractivity contribution in [3.05, 3.63) is 99.2 Å². The Morgan fingerprint density at radius 1 is 1.03 bits per heavy atom. The van der Waals surface area contributed by atoms with Crippen LogP contribution in [0.3, 0.4) is 0 Å². The second-order valence-corrected chi connectivity index (χ2v) is 9.82. The maximum absolute atomic E-state index is 13.5. The predicted octanol–water partition coefficient (Wildman–Crippen LogP) is 4.02. The Labute approximate surface area is 212 Å². The van der Waals surface area contributed by atoms with Crippen molar-refractivity contribution < 1.29 is 14.0 Å². The molecule has 1 aromatic heterocycles. The highest BCUT2D eigenvalue weighted by molar-refractivity contribution is 6.31. The zero-order valence-electron chi connectivity index (χ0n) is 19.5. The number of anilines is 1. The van der Waals surface area contributed by atoms with Crippen LogP contribution in [0.25, 0.3) is 0 Å². The van der Waals surface area contributed by atoms with E-state index >= 15 is 0 Å². The van der Waals surface area contributed by atoms with Gasteiger partial charge in [-0.05, 0) is 42.2 Å². The third-order valence-corrected chi connectivity index (χ3v) is 7.14. The van der Waals surface area contributed by atoms with E-state index in [4.69, 9.17) is 11.6 Å². The fourth-order valence-corrected chi connectivity index (χ4v) is 5.35. The summed E-state index contributed by atoms with van der Waals surface area (Å²) in [5, 5.41) is 5.54. The molecule has 3 amide bonds. The van der Waals surface area contributed by atoms with E-state index < -0.39 is 17.8 Å². The highest BCUT2D eigenvalue weighted by Crippen LogP contribution is 2.35. The van der Waals surface area contributed by atoms with E-state index in [1.807, 2.05) is 41.0 Å². The first-order chi connectivity index (χ1) is 17.4. The average molecular weight is 509 g/mol. The molecule has 3 heterocycles. The first-order valence-electron chi connectivity index (χ1n) is 11.9. The minimum atomic E-state index is -0.861. The lowest BCUT2D eigenvalue weighted by Crippen LogP contribution is -2.55. The Morgan fingerprint density at radius 3 is 2.61 bits per heavy atom. The second kappa shape index (κ2) is 10.1. The van der Waals surface area contributed by atoms with Crippen LogP contribution in [-0.2, 0) is 17.8 Å². The largest absolute Gasteiger partial charge is 0.326 e. The number of nitrogens with one attached hydrogen (secondary N) is 2. The average Bonchev–Trinajstić information content (AvgIpc) is 2.87. The van der Waals surface area contributed by atoms with Gasteiger partial charge in [-0.1, -0.05) is 48.0 Å². The molecule has 36 heavy (non-hydrogen) atoms. The van der Waals surface area contributed by atoms with Crippen molar-refractivity contribution in [3.8, 4) is 0 Å². The van der Waals surface area contributed by atoms with Crippen LogP contribution in [0.5, 0.6) is 0 Å². The van der Waals surface area contributed by atoms with Crippen LogP contribution in [-0.4, -0.2) is 40.5 Å². The van der Waals surface area contributed by atoms with Crippen molar-refractivity contribution >= 4 is 29.2 Å². The summed E-state index contributed by atoms with van der Waals surface area (Å²) >= 11 is 5.86. The molecule has 2 aromatic carbocycles. The minimum absolute atomic E-state index is 0.0133. The molecule has 186 valence electrons. The lowest BCUT2D eigenvalue weighted by atomic mass is 9.83. The molecule has 0 saturated carbocycles. The second-order valence-electron chi connectivity index (χ2n) is 9.41. The van der Waals surface area contributed by atoms with E-state index in [9.17, 15) is 18.8 Å². The van der Waals surface area contributed by atoms with Crippen molar-refractivity contribution in [2.24, 2.45) is 5.92 Å². The smallest absolute Gasteiger partial charge is 0.318 e. The van der Waals surface area contributed by atoms with E-state index in [0.717, 1.165) is 17.7 Å². The topological polar surface area (TPSA) is 83.4 Å². The van der Waals surface area contributed by atoms with Gasteiger partial charge >= 0.3 is 6.03 Å². The number of fused-ring (bicyclic) bond motifs is 4. The molecular weight excluding hydrogens is 483 g/mol. The van der Waals surface area contributed by atoms with Gasteiger partial charge in [0.25, 0.3) is 5.56 Å². The van der Waals surface area contributed by atoms with E-state index in [0.29, 0.717) is 25.3 Å². The first-order valence-corrected chi connectivity index (χ1v) is 12.3. The van der Waals surface area contributed by atoms with Crippen LogP contribution in [0.2, 0.25) is 5.02 Å². The standard InChI is InChI=1S/C27H26ClFN4O3/c28-21-13-20(9-10-22(21)29)30-26(35)23(12-17-5-2-1-3-6-17)31-27(36)32-14-18-11-19(16-32)24-7-4-8-25(34)33(24)15-18/h1-10,13,18-19,23H,11-12,14-16H2,(H,30,35)(H,31,36)/t18?,19?,23-/m0/s1. The number of aromatic nitrogens is 1. The highest BCUT2D eigenvalue weighted by atomic mass is 35.5. The summed E-state index contributed by atoms with van der Waals surface area (Å²) in [6.07, 6.45) is 1.21. The van der Waals surface area contributed by atoms with Gasteiger partial charge in [0, 0.05) is 49.4 Å². The first kappa shape index (κ1) is 24.1. The van der Waals surface area contributed by atoms with Crippen LogP contribution in [0, 0.1) is 11.7 Å². The SMILES string of the molecule is O=C(Nc1ccc(F)c(Cl)c1)[C@H](Cc1ccccc1)NC(=O)N1CC2CC(C1)c1cccc(=O)n1C2. The maximum Gasteiger partial charge on any atom is 0.318 e. The number of halogens is 2. The molecule has 9 heteroatoms. The third kappa shape index (κ3) is 5.14. The lowest BCUT2D eigenvalue weighted by Gasteiger charge is -2.43. The van der Waals surface area contributed by atoms with E-state index in [1.165, 1.54) is 18.2 Å². The lowest BCUT2D eigenvalue weighted by molar-refractivity contribution is -0.118. The van der Waals surface area contributed by atoms with E-state index in [1.54, 1.807) is 17.0 Å². The van der Waals surface area contributed by atoms with Gasteiger partial charge in [-0.2, -0.15) is 0 Å². The fourth-order valence-electron chi connectivity index (χ4n) is 5.16.